The highest BCUT2D eigenvalue weighted by molar-refractivity contribution is 7.17. The first-order chi connectivity index (χ1) is 15.0. The van der Waals surface area contributed by atoms with Gasteiger partial charge in [-0.3, -0.25) is 4.98 Å². The lowest BCUT2D eigenvalue weighted by atomic mass is 9.98. The van der Waals surface area contributed by atoms with Gasteiger partial charge < -0.3 is 11.5 Å². The van der Waals surface area contributed by atoms with Crippen molar-refractivity contribution < 1.29 is 4.39 Å². The molecule has 0 aliphatic heterocycles. The smallest absolute Gasteiger partial charge is 0.160 e. The number of hydrogen-bond donors (Lipinski definition) is 2. The highest BCUT2D eigenvalue weighted by Gasteiger charge is 2.23. The molecule has 5 nitrogen and oxygen atoms in total. The number of alkyl halides is 1. The standard InChI is InChI=1S/C24H22FN5S/c1-15(25)7-8-18-14-31-23-21(18)29-24(17-9-11-28-12-10-17)30-22(23)20(27)19(26)13-16-5-3-2-4-6-16/h2-6,9-12,14-15,19-20H,13,26-27H2,1H3/t15-,19?,20?/m1/s1. The number of nitrogens with two attached hydrogens (primary N) is 2. The summed E-state index contributed by atoms with van der Waals surface area (Å²) in [7, 11) is 0. The van der Waals surface area contributed by atoms with Gasteiger partial charge in [-0.1, -0.05) is 42.2 Å². The molecule has 0 bridgehead atoms. The van der Waals surface area contributed by atoms with Crippen molar-refractivity contribution in [1.29, 1.82) is 0 Å². The van der Waals surface area contributed by atoms with Gasteiger partial charge in [-0.2, -0.15) is 0 Å². The Bertz CT molecular complexity index is 1230. The van der Waals surface area contributed by atoms with Crippen molar-refractivity contribution in [3.8, 4) is 23.2 Å². The van der Waals surface area contributed by atoms with Crippen LogP contribution in [0, 0.1) is 11.8 Å². The van der Waals surface area contributed by atoms with E-state index >= 15 is 0 Å². The van der Waals surface area contributed by atoms with Crippen LogP contribution in [-0.4, -0.2) is 27.2 Å². The second-order valence-electron chi connectivity index (χ2n) is 7.26. The van der Waals surface area contributed by atoms with Gasteiger partial charge in [-0.25, -0.2) is 14.4 Å². The summed E-state index contributed by atoms with van der Waals surface area (Å²) in [4.78, 5) is 13.6. The molecule has 3 aromatic heterocycles. The lowest BCUT2D eigenvalue weighted by molar-refractivity contribution is 0.443. The van der Waals surface area contributed by atoms with E-state index in [1.54, 1.807) is 12.4 Å². The van der Waals surface area contributed by atoms with Gasteiger partial charge in [-0.05, 0) is 31.0 Å². The molecule has 3 atom stereocenters. The van der Waals surface area contributed by atoms with Gasteiger partial charge in [0.2, 0.25) is 0 Å². The summed E-state index contributed by atoms with van der Waals surface area (Å²) < 4.78 is 14.1. The van der Waals surface area contributed by atoms with Crippen LogP contribution in [0.5, 0.6) is 0 Å². The molecule has 0 aliphatic rings. The fourth-order valence-corrected chi connectivity index (χ4v) is 4.25. The highest BCUT2D eigenvalue weighted by atomic mass is 32.1. The van der Waals surface area contributed by atoms with Crippen molar-refractivity contribution in [3.05, 3.63) is 77.1 Å². The Morgan fingerprint density at radius 3 is 2.52 bits per heavy atom. The number of nitrogens with zero attached hydrogens (tertiary/aromatic N) is 3. The lowest BCUT2D eigenvalue weighted by Gasteiger charge is -2.20. The van der Waals surface area contributed by atoms with Crippen LogP contribution in [0.2, 0.25) is 0 Å². The van der Waals surface area contributed by atoms with Gasteiger partial charge in [0, 0.05) is 29.4 Å². The average Bonchev–Trinajstić information content (AvgIpc) is 3.21. The summed E-state index contributed by atoms with van der Waals surface area (Å²) >= 11 is 1.45. The van der Waals surface area contributed by atoms with Crippen LogP contribution in [0.3, 0.4) is 0 Å². The first-order valence-electron chi connectivity index (χ1n) is 9.93. The van der Waals surface area contributed by atoms with Gasteiger partial charge >= 0.3 is 0 Å². The second kappa shape index (κ2) is 9.31. The Morgan fingerprint density at radius 2 is 1.81 bits per heavy atom. The maximum absolute atomic E-state index is 13.3. The third-order valence-corrected chi connectivity index (χ3v) is 5.87. The third kappa shape index (κ3) is 4.78. The van der Waals surface area contributed by atoms with Crippen LogP contribution in [0.4, 0.5) is 4.39 Å². The van der Waals surface area contributed by atoms with Crippen molar-refractivity contribution in [2.45, 2.75) is 31.6 Å². The fraction of sp³-hybridized carbons (Fsp3) is 0.208. The zero-order valence-corrected chi connectivity index (χ0v) is 17.8. The molecule has 3 heterocycles. The van der Waals surface area contributed by atoms with Gasteiger partial charge in [0.15, 0.2) is 12.0 Å². The normalized spacial score (nSPS) is 13.9. The van der Waals surface area contributed by atoms with Gasteiger partial charge in [0.25, 0.3) is 0 Å². The summed E-state index contributed by atoms with van der Waals surface area (Å²) in [5.74, 6) is 5.97. The van der Waals surface area contributed by atoms with E-state index in [0.717, 1.165) is 15.8 Å². The maximum Gasteiger partial charge on any atom is 0.160 e. The topological polar surface area (TPSA) is 90.7 Å². The molecule has 0 amide bonds. The molecule has 0 fully saturated rings. The molecule has 1 aromatic carbocycles. The molecule has 0 aliphatic carbocycles. The summed E-state index contributed by atoms with van der Waals surface area (Å²) in [5, 5.41) is 1.87. The predicted molar refractivity (Wildman–Crippen MR) is 123 cm³/mol. The number of benzene rings is 1. The lowest BCUT2D eigenvalue weighted by Crippen LogP contribution is -2.36. The van der Waals surface area contributed by atoms with Gasteiger partial charge in [-0.15, -0.1) is 11.3 Å². The molecule has 31 heavy (non-hydrogen) atoms. The summed E-state index contributed by atoms with van der Waals surface area (Å²) in [5.41, 5.74) is 17.0. The molecule has 4 rings (SSSR count). The minimum atomic E-state index is -1.22. The predicted octanol–water partition coefficient (Wildman–Crippen LogP) is 4.03. The molecular weight excluding hydrogens is 409 g/mol. The Kier molecular flexibility index (Phi) is 6.33. The molecule has 4 N–H and O–H groups in total. The summed E-state index contributed by atoms with van der Waals surface area (Å²) in [6.45, 7) is 1.41. The summed E-state index contributed by atoms with van der Waals surface area (Å²) in [6, 6.07) is 12.8. The SMILES string of the molecule is C[C@@H](F)C#Cc1csc2c(C(N)C(N)Cc3ccccc3)nc(-c3ccncc3)nc12. The van der Waals surface area contributed by atoms with E-state index in [4.69, 9.17) is 21.4 Å². The van der Waals surface area contributed by atoms with E-state index in [1.807, 2.05) is 47.8 Å². The molecule has 156 valence electrons. The molecule has 2 unspecified atom stereocenters. The van der Waals surface area contributed by atoms with E-state index in [9.17, 15) is 4.39 Å². The second-order valence-corrected chi connectivity index (χ2v) is 8.14. The largest absolute Gasteiger partial charge is 0.326 e. The van der Waals surface area contributed by atoms with Crippen molar-refractivity contribution >= 4 is 21.6 Å². The van der Waals surface area contributed by atoms with E-state index in [2.05, 4.69) is 16.8 Å². The molecule has 0 spiro atoms. The zero-order valence-electron chi connectivity index (χ0n) is 17.0. The van der Waals surface area contributed by atoms with Crippen LogP contribution in [0.15, 0.2) is 60.2 Å². The monoisotopic (exact) mass is 431 g/mol. The number of hydrogen-bond acceptors (Lipinski definition) is 6. The Labute approximate surface area is 184 Å². The highest BCUT2D eigenvalue weighted by Crippen LogP contribution is 2.32. The fourth-order valence-electron chi connectivity index (χ4n) is 3.28. The maximum atomic E-state index is 13.3. The van der Waals surface area contributed by atoms with Crippen LogP contribution in [0.25, 0.3) is 21.6 Å². The van der Waals surface area contributed by atoms with Crippen molar-refractivity contribution in [2.24, 2.45) is 11.5 Å². The van der Waals surface area contributed by atoms with Crippen molar-refractivity contribution in [3.63, 3.8) is 0 Å². The number of rotatable bonds is 5. The number of aromatic nitrogens is 3. The van der Waals surface area contributed by atoms with Crippen molar-refractivity contribution in [2.75, 3.05) is 0 Å². The molecular formula is C24H22FN5S. The van der Waals surface area contributed by atoms with E-state index in [1.165, 1.54) is 18.3 Å². The summed E-state index contributed by atoms with van der Waals surface area (Å²) in [6.07, 6.45) is 2.76. The van der Waals surface area contributed by atoms with Crippen LogP contribution in [0.1, 0.15) is 29.8 Å². The minimum absolute atomic E-state index is 0.340. The molecule has 7 heteroatoms. The molecule has 0 saturated carbocycles. The van der Waals surface area contributed by atoms with Crippen LogP contribution >= 0.6 is 11.3 Å². The van der Waals surface area contributed by atoms with E-state index in [0.29, 0.717) is 29.0 Å². The number of pyridine rings is 1. The quantitative estimate of drug-likeness (QED) is 0.466. The van der Waals surface area contributed by atoms with Crippen molar-refractivity contribution in [1.82, 2.24) is 15.0 Å². The number of halogens is 1. The first kappa shape index (κ1) is 21.1. The minimum Gasteiger partial charge on any atom is -0.326 e. The third-order valence-electron chi connectivity index (χ3n) is 4.88. The zero-order chi connectivity index (χ0) is 21.8. The molecule has 0 saturated heterocycles. The molecule has 0 radical (unpaired) electrons. The Hall–Kier alpha value is -3.18. The number of fused-ring (bicyclic) bond motifs is 1. The van der Waals surface area contributed by atoms with E-state index < -0.39 is 12.2 Å². The average molecular weight is 432 g/mol. The Morgan fingerprint density at radius 1 is 1.06 bits per heavy atom. The molecule has 4 aromatic rings. The van der Waals surface area contributed by atoms with Gasteiger partial charge in [0.1, 0.15) is 5.52 Å². The van der Waals surface area contributed by atoms with Crippen LogP contribution < -0.4 is 11.5 Å². The van der Waals surface area contributed by atoms with Gasteiger partial charge in [0.05, 0.1) is 22.0 Å². The Balaban J connectivity index is 1.80. The van der Waals surface area contributed by atoms with Crippen LogP contribution in [-0.2, 0) is 6.42 Å². The van der Waals surface area contributed by atoms with E-state index in [-0.39, 0.29) is 6.04 Å². The number of thiophene rings is 1. The first-order valence-corrected chi connectivity index (χ1v) is 10.8.